The summed E-state index contributed by atoms with van der Waals surface area (Å²) < 4.78 is 5.82. The normalized spacial score (nSPS) is 10.8. The Bertz CT molecular complexity index is 722. The Hall–Kier alpha value is -2.35. The van der Waals surface area contributed by atoms with E-state index in [9.17, 15) is 0 Å². The molecule has 3 rings (SSSR count). The largest absolute Gasteiger partial charge is 0.436 e. The lowest BCUT2D eigenvalue weighted by Crippen LogP contribution is -1.92. The standard InChI is InChI=1S/C18H17NO/c1-3-7-14-12-15(11-10-13(14)4-2)18-19-16-8-5-6-9-17(16)20-18/h3,5-6,8-12H,1,4,7H2,2H3. The van der Waals surface area contributed by atoms with Crippen LogP contribution in [0.15, 0.2) is 59.5 Å². The summed E-state index contributed by atoms with van der Waals surface area (Å²) in [4.78, 5) is 4.55. The maximum atomic E-state index is 5.82. The second kappa shape index (κ2) is 5.33. The molecule has 0 fully saturated rings. The summed E-state index contributed by atoms with van der Waals surface area (Å²) in [6, 6.07) is 14.2. The minimum atomic E-state index is 0.680. The number of nitrogens with zero attached hydrogens (tertiary/aromatic N) is 1. The van der Waals surface area contributed by atoms with E-state index in [0.29, 0.717) is 5.89 Å². The van der Waals surface area contributed by atoms with Crippen LogP contribution in [0.25, 0.3) is 22.6 Å². The molecule has 0 amide bonds. The van der Waals surface area contributed by atoms with Crippen molar-refractivity contribution in [3.8, 4) is 11.5 Å². The molecule has 0 aliphatic heterocycles. The van der Waals surface area contributed by atoms with Gasteiger partial charge in [-0.25, -0.2) is 4.98 Å². The second-order valence-electron chi connectivity index (χ2n) is 4.82. The average molecular weight is 263 g/mol. The average Bonchev–Trinajstić information content (AvgIpc) is 2.91. The first-order valence-corrected chi connectivity index (χ1v) is 6.90. The number of fused-ring (bicyclic) bond motifs is 1. The number of hydrogen-bond donors (Lipinski definition) is 0. The Morgan fingerprint density at radius 1 is 1.15 bits per heavy atom. The van der Waals surface area contributed by atoms with Gasteiger partial charge in [-0.2, -0.15) is 0 Å². The quantitative estimate of drug-likeness (QED) is 0.633. The van der Waals surface area contributed by atoms with E-state index in [1.54, 1.807) is 0 Å². The van der Waals surface area contributed by atoms with Crippen molar-refractivity contribution in [1.82, 2.24) is 4.98 Å². The third kappa shape index (κ3) is 2.25. The highest BCUT2D eigenvalue weighted by Gasteiger charge is 2.09. The monoisotopic (exact) mass is 263 g/mol. The first-order valence-electron chi connectivity index (χ1n) is 6.90. The molecule has 2 heteroatoms. The zero-order valence-electron chi connectivity index (χ0n) is 11.6. The van der Waals surface area contributed by atoms with Crippen molar-refractivity contribution in [3.63, 3.8) is 0 Å². The number of rotatable bonds is 4. The van der Waals surface area contributed by atoms with Crippen LogP contribution in [-0.2, 0) is 12.8 Å². The summed E-state index contributed by atoms with van der Waals surface area (Å²) in [5, 5.41) is 0. The lowest BCUT2D eigenvalue weighted by atomic mass is 9.99. The molecule has 20 heavy (non-hydrogen) atoms. The van der Waals surface area contributed by atoms with Crippen LogP contribution in [0.1, 0.15) is 18.1 Å². The fraction of sp³-hybridized carbons (Fsp3) is 0.167. The molecule has 0 saturated carbocycles. The molecule has 0 unspecified atom stereocenters. The van der Waals surface area contributed by atoms with E-state index < -0.39 is 0 Å². The first-order chi connectivity index (χ1) is 9.81. The van der Waals surface area contributed by atoms with E-state index in [1.807, 2.05) is 30.3 Å². The minimum absolute atomic E-state index is 0.680. The van der Waals surface area contributed by atoms with Gasteiger partial charge in [-0.3, -0.25) is 0 Å². The van der Waals surface area contributed by atoms with Gasteiger partial charge in [0.05, 0.1) is 0 Å². The highest BCUT2D eigenvalue weighted by Crippen LogP contribution is 2.26. The summed E-state index contributed by atoms with van der Waals surface area (Å²) >= 11 is 0. The van der Waals surface area contributed by atoms with Gasteiger partial charge < -0.3 is 4.42 Å². The van der Waals surface area contributed by atoms with E-state index >= 15 is 0 Å². The van der Waals surface area contributed by atoms with Crippen LogP contribution in [-0.4, -0.2) is 4.98 Å². The number of aromatic nitrogens is 1. The van der Waals surface area contributed by atoms with Gasteiger partial charge in [0, 0.05) is 5.56 Å². The number of para-hydroxylation sites is 2. The van der Waals surface area contributed by atoms with Crippen molar-refractivity contribution in [2.24, 2.45) is 0 Å². The molecule has 0 N–H and O–H groups in total. The van der Waals surface area contributed by atoms with Gasteiger partial charge in [0.1, 0.15) is 5.52 Å². The van der Waals surface area contributed by atoms with Crippen LogP contribution in [0, 0.1) is 0 Å². The number of oxazole rings is 1. The Morgan fingerprint density at radius 2 is 2.00 bits per heavy atom. The second-order valence-corrected chi connectivity index (χ2v) is 4.82. The molecule has 0 spiro atoms. The zero-order valence-corrected chi connectivity index (χ0v) is 11.6. The predicted molar refractivity (Wildman–Crippen MR) is 82.7 cm³/mol. The highest BCUT2D eigenvalue weighted by atomic mass is 16.3. The third-order valence-corrected chi connectivity index (χ3v) is 3.49. The molecule has 0 aliphatic rings. The summed E-state index contributed by atoms with van der Waals surface area (Å²) in [5.41, 5.74) is 5.39. The lowest BCUT2D eigenvalue weighted by Gasteiger charge is -2.07. The molecular formula is C18H17NO. The van der Waals surface area contributed by atoms with E-state index in [1.165, 1.54) is 11.1 Å². The lowest BCUT2D eigenvalue weighted by molar-refractivity contribution is 0.619. The van der Waals surface area contributed by atoms with Crippen LogP contribution in [0.3, 0.4) is 0 Å². The van der Waals surface area contributed by atoms with Crippen LogP contribution in [0.2, 0.25) is 0 Å². The maximum Gasteiger partial charge on any atom is 0.227 e. The Kier molecular flexibility index (Phi) is 3.38. The minimum Gasteiger partial charge on any atom is -0.436 e. The zero-order chi connectivity index (χ0) is 13.9. The Morgan fingerprint density at radius 3 is 2.75 bits per heavy atom. The SMILES string of the molecule is C=CCc1cc(-c2nc3ccccc3o2)ccc1CC. The van der Waals surface area contributed by atoms with Gasteiger partial charge in [0.25, 0.3) is 0 Å². The predicted octanol–water partition coefficient (Wildman–Crippen LogP) is 4.79. The van der Waals surface area contributed by atoms with Crippen molar-refractivity contribution >= 4 is 11.1 Å². The van der Waals surface area contributed by atoms with Crippen molar-refractivity contribution in [3.05, 3.63) is 66.2 Å². The molecule has 3 aromatic rings. The topological polar surface area (TPSA) is 26.0 Å². The van der Waals surface area contributed by atoms with Crippen molar-refractivity contribution < 1.29 is 4.42 Å². The van der Waals surface area contributed by atoms with Crippen LogP contribution >= 0.6 is 0 Å². The molecule has 0 saturated heterocycles. The van der Waals surface area contributed by atoms with Gasteiger partial charge in [-0.15, -0.1) is 6.58 Å². The summed E-state index contributed by atoms with van der Waals surface area (Å²) in [7, 11) is 0. The Labute approximate surface area is 118 Å². The maximum absolute atomic E-state index is 5.82. The number of allylic oxidation sites excluding steroid dienone is 1. The summed E-state index contributed by atoms with van der Waals surface area (Å²) in [6.45, 7) is 6.00. The molecular weight excluding hydrogens is 246 g/mol. The summed E-state index contributed by atoms with van der Waals surface area (Å²) in [5.74, 6) is 0.680. The first kappa shape index (κ1) is 12.7. The van der Waals surface area contributed by atoms with Crippen LogP contribution in [0.4, 0.5) is 0 Å². The third-order valence-electron chi connectivity index (χ3n) is 3.49. The molecule has 2 aromatic carbocycles. The fourth-order valence-electron chi connectivity index (χ4n) is 2.45. The molecule has 1 heterocycles. The summed E-state index contributed by atoms with van der Waals surface area (Å²) in [6.07, 6.45) is 3.83. The van der Waals surface area contributed by atoms with Crippen molar-refractivity contribution in [2.45, 2.75) is 19.8 Å². The molecule has 100 valence electrons. The van der Waals surface area contributed by atoms with E-state index in [2.05, 4.69) is 36.7 Å². The van der Waals surface area contributed by atoms with E-state index in [0.717, 1.165) is 29.5 Å². The van der Waals surface area contributed by atoms with Gasteiger partial charge >= 0.3 is 0 Å². The molecule has 0 bridgehead atoms. The number of hydrogen-bond acceptors (Lipinski definition) is 2. The van der Waals surface area contributed by atoms with Crippen LogP contribution in [0.5, 0.6) is 0 Å². The van der Waals surface area contributed by atoms with Crippen molar-refractivity contribution in [1.29, 1.82) is 0 Å². The number of benzene rings is 2. The molecule has 0 radical (unpaired) electrons. The molecule has 0 atom stereocenters. The number of aryl methyl sites for hydroxylation is 1. The van der Waals surface area contributed by atoms with Crippen LogP contribution < -0.4 is 0 Å². The van der Waals surface area contributed by atoms with Crippen molar-refractivity contribution in [2.75, 3.05) is 0 Å². The fourth-order valence-corrected chi connectivity index (χ4v) is 2.45. The van der Waals surface area contributed by atoms with Gasteiger partial charge in [0.2, 0.25) is 5.89 Å². The smallest absolute Gasteiger partial charge is 0.227 e. The van der Waals surface area contributed by atoms with E-state index in [-0.39, 0.29) is 0 Å². The highest BCUT2D eigenvalue weighted by molar-refractivity contribution is 5.76. The van der Waals surface area contributed by atoms with Gasteiger partial charge in [-0.05, 0) is 48.2 Å². The van der Waals surface area contributed by atoms with Gasteiger partial charge in [-0.1, -0.05) is 31.2 Å². The van der Waals surface area contributed by atoms with E-state index in [4.69, 9.17) is 4.42 Å². The molecule has 0 aliphatic carbocycles. The molecule has 1 aromatic heterocycles. The Balaban J connectivity index is 2.08. The van der Waals surface area contributed by atoms with Gasteiger partial charge in [0.15, 0.2) is 5.58 Å². The molecule has 2 nitrogen and oxygen atoms in total.